The molecule has 0 aromatic heterocycles. The summed E-state index contributed by atoms with van der Waals surface area (Å²) < 4.78 is 0. The molecule has 2 saturated heterocycles. The Bertz CT molecular complexity index is 752. The highest BCUT2D eigenvalue weighted by molar-refractivity contribution is 7.99. The molecular formula is C22H28N4S2. The minimum atomic E-state index is 0.787. The lowest BCUT2D eigenvalue weighted by Crippen LogP contribution is -2.53. The van der Waals surface area contributed by atoms with E-state index in [-0.39, 0.29) is 0 Å². The summed E-state index contributed by atoms with van der Waals surface area (Å²) in [6, 6.07) is 19.3. The number of thiocarbonyl (C=S) groups is 1. The number of piperazine rings is 1. The van der Waals surface area contributed by atoms with E-state index in [1.807, 2.05) is 18.2 Å². The summed E-state index contributed by atoms with van der Waals surface area (Å²) in [5.74, 6) is 2.64. The van der Waals surface area contributed by atoms with E-state index >= 15 is 0 Å². The molecule has 2 aliphatic heterocycles. The van der Waals surface area contributed by atoms with Crippen LogP contribution < -0.4 is 10.6 Å². The fraction of sp³-hybridized carbons (Fsp3) is 0.409. The van der Waals surface area contributed by atoms with Gasteiger partial charge in [-0.2, -0.15) is 11.8 Å². The molecule has 0 radical (unpaired) electrons. The number of thioether (sulfide) groups is 1. The second kappa shape index (κ2) is 9.63. The second-order valence-electron chi connectivity index (χ2n) is 7.37. The summed E-state index contributed by atoms with van der Waals surface area (Å²) in [7, 11) is 0. The topological polar surface area (TPSA) is 30.5 Å². The highest BCUT2D eigenvalue weighted by Crippen LogP contribution is 2.23. The average molecular weight is 413 g/mol. The molecule has 148 valence electrons. The smallest absolute Gasteiger partial charge is 0.173 e. The predicted octanol–water partition coefficient (Wildman–Crippen LogP) is 4.64. The van der Waals surface area contributed by atoms with Crippen molar-refractivity contribution in [3.05, 3.63) is 54.6 Å². The summed E-state index contributed by atoms with van der Waals surface area (Å²) in [5, 5.41) is 7.65. The monoisotopic (exact) mass is 412 g/mol. The molecule has 2 N–H and O–H groups in total. The Morgan fingerprint density at radius 3 is 2.11 bits per heavy atom. The molecule has 2 aliphatic rings. The zero-order valence-corrected chi connectivity index (χ0v) is 17.8. The summed E-state index contributed by atoms with van der Waals surface area (Å²) in [6.07, 6.45) is 2.69. The highest BCUT2D eigenvalue weighted by Gasteiger charge is 2.26. The molecule has 2 aromatic rings. The number of hydrogen-bond acceptors (Lipinski definition) is 4. The Labute approximate surface area is 177 Å². The molecule has 2 heterocycles. The molecule has 2 fully saturated rings. The first kappa shape index (κ1) is 19.6. The van der Waals surface area contributed by atoms with Crippen LogP contribution in [0.25, 0.3) is 0 Å². The molecule has 4 rings (SSSR count). The first-order valence-corrected chi connectivity index (χ1v) is 11.6. The lowest BCUT2D eigenvalue weighted by molar-refractivity contribution is 0.126. The molecule has 0 aliphatic carbocycles. The van der Waals surface area contributed by atoms with Crippen molar-refractivity contribution < 1.29 is 0 Å². The van der Waals surface area contributed by atoms with Gasteiger partial charge in [0.2, 0.25) is 0 Å². The highest BCUT2D eigenvalue weighted by atomic mass is 32.2. The fourth-order valence-corrected chi connectivity index (χ4v) is 5.25. The molecule has 0 amide bonds. The van der Waals surface area contributed by atoms with Gasteiger partial charge in [-0.1, -0.05) is 18.2 Å². The lowest BCUT2D eigenvalue weighted by Gasteiger charge is -2.41. The average Bonchev–Trinajstić information content (AvgIpc) is 2.76. The molecule has 0 unspecified atom stereocenters. The quantitative estimate of drug-likeness (QED) is 0.712. The number of para-hydroxylation sites is 1. The van der Waals surface area contributed by atoms with Gasteiger partial charge < -0.3 is 15.5 Å². The van der Waals surface area contributed by atoms with Crippen molar-refractivity contribution in [2.75, 3.05) is 48.3 Å². The van der Waals surface area contributed by atoms with Crippen molar-refractivity contribution in [2.24, 2.45) is 0 Å². The minimum absolute atomic E-state index is 0.787. The Balaban J connectivity index is 1.26. The van der Waals surface area contributed by atoms with Crippen LogP contribution in [0.4, 0.5) is 17.1 Å². The van der Waals surface area contributed by atoms with E-state index in [9.17, 15) is 0 Å². The number of nitrogens with one attached hydrogen (secondary N) is 2. The van der Waals surface area contributed by atoms with Gasteiger partial charge in [-0.3, -0.25) is 4.90 Å². The third-order valence-corrected chi connectivity index (χ3v) is 6.92. The van der Waals surface area contributed by atoms with E-state index in [0.29, 0.717) is 0 Å². The predicted molar refractivity (Wildman–Crippen MR) is 126 cm³/mol. The molecule has 4 nitrogen and oxygen atoms in total. The van der Waals surface area contributed by atoms with Gasteiger partial charge in [-0.05, 0) is 73.0 Å². The molecular weight excluding hydrogens is 384 g/mol. The second-order valence-corrected chi connectivity index (χ2v) is 8.98. The van der Waals surface area contributed by atoms with Crippen molar-refractivity contribution in [3.63, 3.8) is 0 Å². The summed E-state index contributed by atoms with van der Waals surface area (Å²) in [4.78, 5) is 4.97. The van der Waals surface area contributed by atoms with Crippen LogP contribution >= 0.6 is 24.0 Å². The van der Waals surface area contributed by atoms with Crippen LogP contribution in [0.15, 0.2) is 54.6 Å². The maximum Gasteiger partial charge on any atom is 0.173 e. The van der Waals surface area contributed by atoms with Crippen LogP contribution in [0.1, 0.15) is 12.8 Å². The largest absolute Gasteiger partial charge is 0.356 e. The zero-order chi connectivity index (χ0) is 19.2. The van der Waals surface area contributed by atoms with E-state index in [4.69, 9.17) is 12.2 Å². The Kier molecular flexibility index (Phi) is 6.73. The lowest BCUT2D eigenvalue weighted by atomic mass is 10.1. The van der Waals surface area contributed by atoms with E-state index < -0.39 is 0 Å². The van der Waals surface area contributed by atoms with Gasteiger partial charge in [0.05, 0.1) is 0 Å². The first-order valence-electron chi connectivity index (χ1n) is 10.1. The third-order valence-electron chi connectivity index (χ3n) is 5.51. The van der Waals surface area contributed by atoms with Crippen molar-refractivity contribution in [1.29, 1.82) is 0 Å². The molecule has 0 spiro atoms. The normalized spacial score (nSPS) is 18.6. The van der Waals surface area contributed by atoms with Crippen LogP contribution in [0.5, 0.6) is 0 Å². The molecule has 0 atom stereocenters. The van der Waals surface area contributed by atoms with Gasteiger partial charge in [0.1, 0.15) is 0 Å². The van der Waals surface area contributed by atoms with Gasteiger partial charge in [0.15, 0.2) is 5.11 Å². The van der Waals surface area contributed by atoms with E-state index in [1.54, 1.807) is 0 Å². The van der Waals surface area contributed by atoms with Crippen molar-refractivity contribution in [1.82, 2.24) is 9.80 Å². The summed E-state index contributed by atoms with van der Waals surface area (Å²) in [5.41, 5.74) is 3.20. The first-order chi connectivity index (χ1) is 13.8. The van der Waals surface area contributed by atoms with Crippen molar-refractivity contribution in [3.8, 4) is 0 Å². The van der Waals surface area contributed by atoms with Gasteiger partial charge >= 0.3 is 0 Å². The van der Waals surface area contributed by atoms with Gasteiger partial charge in [0.25, 0.3) is 0 Å². The van der Waals surface area contributed by atoms with Crippen LogP contribution in [-0.2, 0) is 0 Å². The van der Waals surface area contributed by atoms with Crippen molar-refractivity contribution >= 4 is 46.2 Å². The summed E-state index contributed by atoms with van der Waals surface area (Å²) >= 11 is 7.76. The van der Waals surface area contributed by atoms with Crippen molar-refractivity contribution in [2.45, 2.75) is 18.9 Å². The van der Waals surface area contributed by atoms with E-state index in [2.05, 4.69) is 68.6 Å². The Morgan fingerprint density at radius 2 is 1.43 bits per heavy atom. The van der Waals surface area contributed by atoms with Crippen LogP contribution in [0, 0.1) is 0 Å². The molecule has 0 saturated carbocycles. The van der Waals surface area contributed by atoms with Crippen LogP contribution in [0.2, 0.25) is 0 Å². The Morgan fingerprint density at radius 1 is 0.821 bits per heavy atom. The molecule has 6 heteroatoms. The zero-order valence-electron chi connectivity index (χ0n) is 16.1. The molecule has 0 bridgehead atoms. The van der Waals surface area contributed by atoms with E-state index in [0.717, 1.165) is 54.4 Å². The number of hydrogen-bond donors (Lipinski definition) is 2. The number of anilines is 3. The standard InChI is InChI=1S/C22H28N4S2/c27-22(26-14-12-25(13-15-26)21-10-16-28-17-11-21)24-20-8-6-19(7-9-20)23-18-4-2-1-3-5-18/h1-9,21,23H,10-17H2,(H,24,27). The Hall–Kier alpha value is -1.76. The van der Waals surface area contributed by atoms with E-state index in [1.165, 1.54) is 24.3 Å². The number of rotatable bonds is 4. The maximum atomic E-state index is 5.67. The number of nitrogens with zero attached hydrogens (tertiary/aromatic N) is 2. The summed E-state index contributed by atoms with van der Waals surface area (Å²) in [6.45, 7) is 4.28. The minimum Gasteiger partial charge on any atom is -0.356 e. The van der Waals surface area contributed by atoms with Gasteiger partial charge in [-0.15, -0.1) is 0 Å². The van der Waals surface area contributed by atoms with Crippen LogP contribution in [-0.4, -0.2) is 58.6 Å². The number of benzene rings is 2. The third kappa shape index (κ3) is 5.19. The van der Waals surface area contributed by atoms with Gasteiger partial charge in [0, 0.05) is 49.3 Å². The maximum absolute atomic E-state index is 5.67. The SMILES string of the molecule is S=C(Nc1ccc(Nc2ccccc2)cc1)N1CCN(C2CCSCC2)CC1. The fourth-order valence-electron chi connectivity index (χ4n) is 3.87. The molecule has 28 heavy (non-hydrogen) atoms. The van der Waals surface area contributed by atoms with Crippen LogP contribution in [0.3, 0.4) is 0 Å². The molecule has 2 aromatic carbocycles. The van der Waals surface area contributed by atoms with Gasteiger partial charge in [-0.25, -0.2) is 0 Å².